The molecule has 1 unspecified atom stereocenters. The van der Waals surface area contributed by atoms with Gasteiger partial charge in [-0.2, -0.15) is 0 Å². The first-order valence-corrected chi connectivity index (χ1v) is 33.3. The van der Waals surface area contributed by atoms with Gasteiger partial charge < -0.3 is 14.2 Å². The van der Waals surface area contributed by atoms with Crippen molar-refractivity contribution in [3.8, 4) is 0 Å². The van der Waals surface area contributed by atoms with E-state index in [-0.39, 0.29) is 31.1 Å². The summed E-state index contributed by atoms with van der Waals surface area (Å²) in [6.07, 6.45) is 76.7. The number of rotatable bonds is 62. The van der Waals surface area contributed by atoms with Crippen LogP contribution in [-0.4, -0.2) is 37.2 Å². The Morgan fingerprint density at radius 2 is 0.486 bits per heavy atom. The number of esters is 3. The van der Waals surface area contributed by atoms with E-state index in [1.807, 2.05) is 0 Å². The van der Waals surface area contributed by atoms with Crippen molar-refractivity contribution >= 4 is 17.9 Å². The molecule has 0 radical (unpaired) electrons. The molecule has 0 aromatic heterocycles. The van der Waals surface area contributed by atoms with Gasteiger partial charge in [0.05, 0.1) is 0 Å². The Hall–Kier alpha value is -2.11. The zero-order valence-electron chi connectivity index (χ0n) is 50.1. The fraction of sp³-hybridized carbons (Fsp3) is 0.897. The second-order valence-electron chi connectivity index (χ2n) is 22.7. The first-order chi connectivity index (χ1) is 36.5. The van der Waals surface area contributed by atoms with Crippen LogP contribution in [0.3, 0.4) is 0 Å². The molecule has 0 aromatic carbocycles. The Morgan fingerprint density at radius 1 is 0.270 bits per heavy atom. The van der Waals surface area contributed by atoms with Crippen molar-refractivity contribution in [2.45, 2.75) is 380 Å². The van der Waals surface area contributed by atoms with Crippen molar-refractivity contribution in [2.24, 2.45) is 0 Å². The van der Waals surface area contributed by atoms with Gasteiger partial charge in [0, 0.05) is 19.3 Å². The second-order valence-corrected chi connectivity index (χ2v) is 22.7. The van der Waals surface area contributed by atoms with Gasteiger partial charge in [-0.3, -0.25) is 14.4 Å². The maximum absolute atomic E-state index is 12.8. The molecule has 0 aliphatic carbocycles. The number of ether oxygens (including phenoxy) is 3. The van der Waals surface area contributed by atoms with Gasteiger partial charge in [0.1, 0.15) is 13.2 Å². The Morgan fingerprint density at radius 3 is 0.770 bits per heavy atom. The maximum atomic E-state index is 12.8. The van der Waals surface area contributed by atoms with Crippen LogP contribution in [0, 0.1) is 0 Å². The van der Waals surface area contributed by atoms with Crippen molar-refractivity contribution in [1.82, 2.24) is 0 Å². The summed E-state index contributed by atoms with van der Waals surface area (Å²) >= 11 is 0. The van der Waals surface area contributed by atoms with E-state index in [1.54, 1.807) is 0 Å². The first kappa shape index (κ1) is 71.9. The summed E-state index contributed by atoms with van der Waals surface area (Å²) in [7, 11) is 0. The van der Waals surface area contributed by atoms with E-state index < -0.39 is 6.10 Å². The van der Waals surface area contributed by atoms with Gasteiger partial charge in [-0.25, -0.2) is 0 Å². The highest BCUT2D eigenvalue weighted by Gasteiger charge is 2.19. The number of carbonyl (C=O) groups excluding carboxylic acids is 3. The average Bonchev–Trinajstić information content (AvgIpc) is 3.40. The van der Waals surface area contributed by atoms with Crippen LogP contribution in [0.25, 0.3) is 0 Å². The molecule has 6 nitrogen and oxygen atoms in total. The Kier molecular flexibility index (Phi) is 61.6. The van der Waals surface area contributed by atoms with Crippen LogP contribution in [0.2, 0.25) is 0 Å². The number of hydrogen-bond acceptors (Lipinski definition) is 6. The first-order valence-electron chi connectivity index (χ1n) is 33.3. The molecule has 0 fully saturated rings. The molecule has 0 spiro atoms. The molecular weight excluding hydrogens is 913 g/mol. The topological polar surface area (TPSA) is 78.9 Å². The smallest absolute Gasteiger partial charge is 0.306 e. The fourth-order valence-corrected chi connectivity index (χ4v) is 10.2. The molecule has 0 saturated heterocycles. The van der Waals surface area contributed by atoms with Crippen LogP contribution in [0.4, 0.5) is 0 Å². The molecule has 436 valence electrons. The molecule has 0 saturated carbocycles. The van der Waals surface area contributed by atoms with Gasteiger partial charge in [0.15, 0.2) is 6.10 Å². The molecule has 0 bridgehead atoms. The van der Waals surface area contributed by atoms with Gasteiger partial charge in [-0.05, 0) is 51.4 Å². The summed E-state index contributed by atoms with van der Waals surface area (Å²) in [6, 6.07) is 0. The molecule has 0 N–H and O–H groups in total. The quantitative estimate of drug-likeness (QED) is 0.0261. The van der Waals surface area contributed by atoms with E-state index in [1.165, 1.54) is 257 Å². The van der Waals surface area contributed by atoms with E-state index in [9.17, 15) is 14.4 Å². The summed E-state index contributed by atoms with van der Waals surface area (Å²) in [4.78, 5) is 38.1. The van der Waals surface area contributed by atoms with Gasteiger partial charge in [-0.1, -0.05) is 328 Å². The number of allylic oxidation sites excluding steroid dienone is 4. The van der Waals surface area contributed by atoms with E-state index in [4.69, 9.17) is 14.2 Å². The fourth-order valence-electron chi connectivity index (χ4n) is 10.2. The summed E-state index contributed by atoms with van der Waals surface area (Å²) < 4.78 is 16.8. The van der Waals surface area contributed by atoms with Gasteiger partial charge >= 0.3 is 17.9 Å². The lowest BCUT2D eigenvalue weighted by Gasteiger charge is -2.18. The van der Waals surface area contributed by atoms with Crippen LogP contribution in [0.5, 0.6) is 0 Å². The lowest BCUT2D eigenvalue weighted by atomic mass is 10.0. The minimum atomic E-state index is -0.773. The van der Waals surface area contributed by atoms with E-state index >= 15 is 0 Å². The van der Waals surface area contributed by atoms with Gasteiger partial charge in [0.25, 0.3) is 0 Å². The largest absolute Gasteiger partial charge is 0.462 e. The minimum absolute atomic E-state index is 0.0720. The zero-order valence-corrected chi connectivity index (χ0v) is 50.1. The second kappa shape index (κ2) is 63.4. The Bertz CT molecular complexity index is 1190. The van der Waals surface area contributed by atoms with Crippen molar-refractivity contribution in [2.75, 3.05) is 13.2 Å². The Balaban J connectivity index is 3.95. The predicted molar refractivity (Wildman–Crippen MR) is 321 cm³/mol. The normalized spacial score (nSPS) is 12.1. The number of unbranched alkanes of at least 4 members (excludes halogenated alkanes) is 47. The van der Waals surface area contributed by atoms with E-state index in [0.29, 0.717) is 19.3 Å². The molecular formula is C68H128O6. The third-order valence-electron chi connectivity index (χ3n) is 15.2. The van der Waals surface area contributed by atoms with Crippen LogP contribution in [-0.2, 0) is 28.6 Å². The lowest BCUT2D eigenvalue weighted by molar-refractivity contribution is -0.167. The molecule has 1 atom stereocenters. The van der Waals surface area contributed by atoms with Crippen molar-refractivity contribution in [3.63, 3.8) is 0 Å². The highest BCUT2D eigenvalue weighted by Crippen LogP contribution is 2.18. The van der Waals surface area contributed by atoms with Crippen LogP contribution < -0.4 is 0 Å². The van der Waals surface area contributed by atoms with Crippen LogP contribution >= 0.6 is 0 Å². The molecule has 0 aliphatic heterocycles. The highest BCUT2D eigenvalue weighted by atomic mass is 16.6. The SMILES string of the molecule is CCCCC/C=C\C/C=C\CCCCCCCC(=O)OC(COC(=O)CCCCCCCCCC)COC(=O)CCCCCCCCCCCCCCCCCCCCCCCCCCCCCCCCCCC. The van der Waals surface area contributed by atoms with Gasteiger partial charge in [0.2, 0.25) is 0 Å². The summed E-state index contributed by atoms with van der Waals surface area (Å²) in [5.74, 6) is -0.869. The third-order valence-corrected chi connectivity index (χ3v) is 15.2. The lowest BCUT2D eigenvalue weighted by Crippen LogP contribution is -2.30. The number of carbonyl (C=O) groups is 3. The molecule has 0 aromatic rings. The summed E-state index contributed by atoms with van der Waals surface area (Å²) in [5, 5.41) is 0. The van der Waals surface area contributed by atoms with Crippen molar-refractivity contribution in [3.05, 3.63) is 24.3 Å². The summed E-state index contributed by atoms with van der Waals surface area (Å²) in [6.45, 7) is 6.63. The summed E-state index contributed by atoms with van der Waals surface area (Å²) in [5.41, 5.74) is 0. The average molecular weight is 1040 g/mol. The van der Waals surface area contributed by atoms with E-state index in [2.05, 4.69) is 45.1 Å². The maximum Gasteiger partial charge on any atom is 0.306 e. The monoisotopic (exact) mass is 1040 g/mol. The standard InChI is InChI=1S/C68H128O6/c1-4-7-10-13-16-19-21-23-25-26-27-28-29-30-31-32-33-34-35-36-37-38-39-40-41-42-44-45-47-49-52-55-58-61-67(70)73-64-65(63-72-66(69)60-57-54-51-18-15-12-9-6-3)74-68(71)62-59-56-53-50-48-46-43-24-22-20-17-14-11-8-5-2/h17,20,24,43,65H,4-16,18-19,21-23,25-42,44-64H2,1-3H3/b20-17-,43-24-. The molecule has 0 aliphatic rings. The van der Waals surface area contributed by atoms with Crippen LogP contribution in [0.1, 0.15) is 374 Å². The zero-order chi connectivity index (χ0) is 53.6. The number of hydrogen-bond donors (Lipinski definition) is 0. The van der Waals surface area contributed by atoms with Crippen molar-refractivity contribution in [1.29, 1.82) is 0 Å². The third kappa shape index (κ3) is 60.8. The van der Waals surface area contributed by atoms with Crippen LogP contribution in [0.15, 0.2) is 24.3 Å². The van der Waals surface area contributed by atoms with E-state index in [0.717, 1.165) is 77.0 Å². The molecule has 6 heteroatoms. The molecule has 0 heterocycles. The minimum Gasteiger partial charge on any atom is -0.462 e. The Labute approximate surface area is 462 Å². The molecule has 0 amide bonds. The van der Waals surface area contributed by atoms with Gasteiger partial charge in [-0.15, -0.1) is 0 Å². The highest BCUT2D eigenvalue weighted by molar-refractivity contribution is 5.71. The molecule has 0 rings (SSSR count). The predicted octanol–water partition coefficient (Wildman–Crippen LogP) is 22.6. The molecule has 74 heavy (non-hydrogen) atoms. The van der Waals surface area contributed by atoms with Crippen molar-refractivity contribution < 1.29 is 28.6 Å².